The predicted molar refractivity (Wildman–Crippen MR) is 72.3 cm³/mol. The van der Waals surface area contributed by atoms with Crippen molar-refractivity contribution in [2.45, 2.75) is 18.9 Å². The van der Waals surface area contributed by atoms with E-state index in [9.17, 15) is 0 Å². The Balaban J connectivity index is 1.52. The van der Waals surface area contributed by atoms with Crippen LogP contribution in [0.4, 0.5) is 17.5 Å². The molecular formula is C13H13N5O2. The molecule has 0 unspecified atom stereocenters. The standard InChI is InChI=1S/C13H13N5O2/c1-2-8(1)15-12-6-14-18-13(17-12)16-9-3-4-10-11(5-9)20-7-19-10/h3-6,8H,1-2,7H2,(H2,15,16,17,18). The summed E-state index contributed by atoms with van der Waals surface area (Å²) in [6, 6.07) is 6.12. The van der Waals surface area contributed by atoms with Gasteiger partial charge in [-0.05, 0) is 25.0 Å². The molecule has 0 spiro atoms. The number of nitrogens with one attached hydrogen (secondary N) is 2. The molecule has 2 aliphatic rings. The van der Waals surface area contributed by atoms with Crippen LogP contribution in [-0.2, 0) is 0 Å². The van der Waals surface area contributed by atoms with Crippen molar-refractivity contribution in [2.24, 2.45) is 0 Å². The third-order valence-corrected chi connectivity index (χ3v) is 3.12. The minimum Gasteiger partial charge on any atom is -0.454 e. The Hall–Kier alpha value is -2.57. The van der Waals surface area contributed by atoms with Crippen LogP contribution in [0.15, 0.2) is 24.4 Å². The first-order valence-corrected chi connectivity index (χ1v) is 6.50. The van der Waals surface area contributed by atoms with Gasteiger partial charge in [-0.1, -0.05) is 0 Å². The summed E-state index contributed by atoms with van der Waals surface area (Å²) >= 11 is 0. The van der Waals surface area contributed by atoms with E-state index in [1.165, 1.54) is 12.8 Å². The number of benzene rings is 1. The van der Waals surface area contributed by atoms with Gasteiger partial charge in [0.05, 0.1) is 6.20 Å². The number of rotatable bonds is 4. The lowest BCUT2D eigenvalue weighted by atomic mass is 10.3. The summed E-state index contributed by atoms with van der Waals surface area (Å²) < 4.78 is 10.6. The number of hydrogen-bond acceptors (Lipinski definition) is 7. The number of aromatic nitrogens is 3. The third-order valence-electron chi connectivity index (χ3n) is 3.12. The van der Waals surface area contributed by atoms with Crippen LogP contribution in [0.1, 0.15) is 12.8 Å². The number of nitrogens with zero attached hydrogens (tertiary/aromatic N) is 3. The molecular weight excluding hydrogens is 258 g/mol. The van der Waals surface area contributed by atoms with E-state index in [4.69, 9.17) is 9.47 Å². The van der Waals surface area contributed by atoms with Crippen LogP contribution in [0.5, 0.6) is 11.5 Å². The van der Waals surface area contributed by atoms with E-state index in [-0.39, 0.29) is 6.79 Å². The molecule has 0 amide bonds. The topological polar surface area (TPSA) is 81.2 Å². The Morgan fingerprint density at radius 2 is 2.05 bits per heavy atom. The van der Waals surface area contributed by atoms with Crippen LogP contribution < -0.4 is 20.1 Å². The largest absolute Gasteiger partial charge is 0.454 e. The van der Waals surface area contributed by atoms with Gasteiger partial charge in [0.1, 0.15) is 0 Å². The fourth-order valence-corrected chi connectivity index (χ4v) is 1.97. The molecule has 4 rings (SSSR count). The van der Waals surface area contributed by atoms with Crippen molar-refractivity contribution >= 4 is 17.5 Å². The molecule has 1 aliphatic carbocycles. The molecule has 102 valence electrons. The highest BCUT2D eigenvalue weighted by molar-refractivity contribution is 5.60. The van der Waals surface area contributed by atoms with E-state index in [1.807, 2.05) is 18.2 Å². The highest BCUT2D eigenvalue weighted by Gasteiger charge is 2.21. The Morgan fingerprint density at radius 3 is 2.95 bits per heavy atom. The van der Waals surface area contributed by atoms with Gasteiger partial charge < -0.3 is 20.1 Å². The van der Waals surface area contributed by atoms with Gasteiger partial charge in [0.2, 0.25) is 12.7 Å². The van der Waals surface area contributed by atoms with Crippen molar-refractivity contribution in [1.29, 1.82) is 0 Å². The molecule has 1 aromatic heterocycles. The third kappa shape index (κ3) is 2.29. The predicted octanol–water partition coefficient (Wildman–Crippen LogP) is 1.92. The molecule has 2 N–H and O–H groups in total. The van der Waals surface area contributed by atoms with Crippen LogP contribution in [-0.4, -0.2) is 28.0 Å². The summed E-state index contributed by atoms with van der Waals surface area (Å²) in [5, 5.41) is 14.3. The molecule has 0 bridgehead atoms. The maximum atomic E-state index is 5.33. The summed E-state index contributed by atoms with van der Waals surface area (Å²) in [6.45, 7) is 0.262. The zero-order valence-corrected chi connectivity index (χ0v) is 10.7. The molecule has 1 aliphatic heterocycles. The van der Waals surface area contributed by atoms with Crippen molar-refractivity contribution < 1.29 is 9.47 Å². The first-order chi connectivity index (χ1) is 9.87. The fourth-order valence-electron chi connectivity index (χ4n) is 1.97. The minimum atomic E-state index is 0.262. The van der Waals surface area contributed by atoms with Crippen LogP contribution in [0.2, 0.25) is 0 Å². The number of fused-ring (bicyclic) bond motifs is 1. The van der Waals surface area contributed by atoms with E-state index >= 15 is 0 Å². The van der Waals surface area contributed by atoms with Crippen LogP contribution in [0.3, 0.4) is 0 Å². The molecule has 2 heterocycles. The van der Waals surface area contributed by atoms with E-state index in [2.05, 4.69) is 25.8 Å². The van der Waals surface area contributed by atoms with E-state index in [0.717, 1.165) is 23.0 Å². The minimum absolute atomic E-state index is 0.262. The quantitative estimate of drug-likeness (QED) is 0.879. The molecule has 0 radical (unpaired) electrons. The Bertz CT molecular complexity index is 644. The average molecular weight is 271 g/mol. The van der Waals surface area contributed by atoms with Crippen LogP contribution in [0.25, 0.3) is 0 Å². The molecule has 0 atom stereocenters. The molecule has 1 saturated carbocycles. The maximum absolute atomic E-state index is 5.33. The van der Waals surface area contributed by atoms with Crippen molar-refractivity contribution in [2.75, 3.05) is 17.4 Å². The molecule has 1 fully saturated rings. The monoisotopic (exact) mass is 271 g/mol. The molecule has 20 heavy (non-hydrogen) atoms. The lowest BCUT2D eigenvalue weighted by molar-refractivity contribution is 0.174. The highest BCUT2D eigenvalue weighted by Crippen LogP contribution is 2.34. The lowest BCUT2D eigenvalue weighted by Crippen LogP contribution is -2.06. The van der Waals surface area contributed by atoms with Gasteiger partial charge in [0, 0.05) is 17.8 Å². The summed E-state index contributed by atoms with van der Waals surface area (Å²) in [6.07, 6.45) is 4.01. The van der Waals surface area contributed by atoms with E-state index < -0.39 is 0 Å². The highest BCUT2D eigenvalue weighted by atomic mass is 16.7. The number of anilines is 3. The zero-order chi connectivity index (χ0) is 13.4. The van der Waals surface area contributed by atoms with Crippen molar-refractivity contribution in [3.63, 3.8) is 0 Å². The van der Waals surface area contributed by atoms with Crippen LogP contribution in [0, 0.1) is 0 Å². The lowest BCUT2D eigenvalue weighted by Gasteiger charge is -2.07. The van der Waals surface area contributed by atoms with E-state index in [0.29, 0.717) is 12.0 Å². The molecule has 7 heteroatoms. The molecule has 7 nitrogen and oxygen atoms in total. The second-order valence-electron chi connectivity index (χ2n) is 4.78. The Morgan fingerprint density at radius 1 is 1.15 bits per heavy atom. The van der Waals surface area contributed by atoms with Gasteiger partial charge in [-0.2, -0.15) is 10.1 Å². The van der Waals surface area contributed by atoms with Crippen molar-refractivity contribution in [3.05, 3.63) is 24.4 Å². The smallest absolute Gasteiger partial charge is 0.249 e. The maximum Gasteiger partial charge on any atom is 0.249 e. The second kappa shape index (κ2) is 4.52. The normalized spacial score (nSPS) is 16.0. The molecule has 0 saturated heterocycles. The Kier molecular flexibility index (Phi) is 2.55. The second-order valence-corrected chi connectivity index (χ2v) is 4.78. The summed E-state index contributed by atoms with van der Waals surface area (Å²) in [5.41, 5.74) is 0.833. The van der Waals surface area contributed by atoms with Gasteiger partial charge in [-0.3, -0.25) is 0 Å². The molecule has 2 aromatic rings. The van der Waals surface area contributed by atoms with Crippen molar-refractivity contribution in [1.82, 2.24) is 15.2 Å². The summed E-state index contributed by atoms with van der Waals surface area (Å²) in [5.74, 6) is 2.66. The number of ether oxygens (including phenoxy) is 2. The summed E-state index contributed by atoms with van der Waals surface area (Å²) in [7, 11) is 0. The average Bonchev–Trinajstić information content (AvgIpc) is 3.14. The van der Waals surface area contributed by atoms with Gasteiger partial charge in [-0.25, -0.2) is 0 Å². The first kappa shape index (κ1) is 11.3. The SMILES string of the molecule is c1cc2c(cc1Nc1nncc(NC3CC3)n1)OCO2. The van der Waals surface area contributed by atoms with Gasteiger partial charge in [-0.15, -0.1) is 5.10 Å². The zero-order valence-electron chi connectivity index (χ0n) is 10.7. The Labute approximate surface area is 115 Å². The van der Waals surface area contributed by atoms with Gasteiger partial charge in [0.25, 0.3) is 0 Å². The van der Waals surface area contributed by atoms with E-state index in [1.54, 1.807) is 6.20 Å². The first-order valence-electron chi connectivity index (χ1n) is 6.50. The van der Waals surface area contributed by atoms with Gasteiger partial charge in [0.15, 0.2) is 17.3 Å². The van der Waals surface area contributed by atoms with Crippen LogP contribution >= 0.6 is 0 Å². The van der Waals surface area contributed by atoms with Crippen molar-refractivity contribution in [3.8, 4) is 11.5 Å². The summed E-state index contributed by atoms with van der Waals surface area (Å²) in [4.78, 5) is 4.37. The fraction of sp³-hybridized carbons (Fsp3) is 0.308. The molecule has 1 aromatic carbocycles. The number of hydrogen-bond donors (Lipinski definition) is 2. The van der Waals surface area contributed by atoms with Gasteiger partial charge >= 0.3 is 0 Å².